The summed E-state index contributed by atoms with van der Waals surface area (Å²) in [5.41, 5.74) is 2.53. The zero-order valence-electron chi connectivity index (χ0n) is 15.0. The van der Waals surface area contributed by atoms with Crippen LogP contribution in [0.3, 0.4) is 0 Å². The van der Waals surface area contributed by atoms with Gasteiger partial charge in [0.15, 0.2) is 11.5 Å². The van der Waals surface area contributed by atoms with Gasteiger partial charge in [-0.25, -0.2) is 9.59 Å². The number of para-hydroxylation sites is 2. The molecule has 0 fully saturated rings. The van der Waals surface area contributed by atoms with E-state index in [1.165, 1.54) is 6.07 Å². The number of hydrogen-bond acceptors (Lipinski definition) is 6. The topological polar surface area (TPSA) is 75.0 Å². The smallest absolute Gasteiger partial charge is 0.351 e. The summed E-state index contributed by atoms with van der Waals surface area (Å²) in [6.07, 6.45) is -0.852. The van der Waals surface area contributed by atoms with Crippen molar-refractivity contribution in [3.63, 3.8) is 0 Å². The Kier molecular flexibility index (Phi) is 4.32. The molecule has 6 nitrogen and oxygen atoms in total. The Morgan fingerprint density at radius 3 is 2.74 bits per heavy atom. The van der Waals surface area contributed by atoms with E-state index in [0.717, 1.165) is 16.5 Å². The number of fused-ring (bicyclic) bond motifs is 2. The van der Waals surface area contributed by atoms with Crippen molar-refractivity contribution in [2.45, 2.75) is 26.6 Å². The molecule has 1 aromatic heterocycles. The number of hydrogen-bond donors (Lipinski definition) is 0. The van der Waals surface area contributed by atoms with Gasteiger partial charge in [0, 0.05) is 17.0 Å². The molecule has 0 aliphatic carbocycles. The molecule has 27 heavy (non-hydrogen) atoms. The molecule has 0 saturated carbocycles. The molecule has 2 aromatic carbocycles. The lowest BCUT2D eigenvalue weighted by atomic mass is 10.0. The Labute approximate surface area is 155 Å². The highest BCUT2D eigenvalue weighted by atomic mass is 16.6. The van der Waals surface area contributed by atoms with Crippen LogP contribution in [0.1, 0.15) is 16.7 Å². The SMILES string of the molecule is Cc1ccc2c(COC(=O)[C@@H]3COc4ccccc4O3)cc(=O)oc2c1C. The fraction of sp³-hybridized carbons (Fsp3) is 0.238. The minimum absolute atomic E-state index is 0.0507. The lowest BCUT2D eigenvalue weighted by molar-refractivity contribution is -0.155. The third kappa shape index (κ3) is 3.26. The summed E-state index contributed by atoms with van der Waals surface area (Å²) in [7, 11) is 0. The molecule has 0 N–H and O–H groups in total. The van der Waals surface area contributed by atoms with Crippen LogP contribution < -0.4 is 15.1 Å². The number of carbonyl (C=O) groups is 1. The van der Waals surface area contributed by atoms with Crippen LogP contribution in [0.15, 0.2) is 51.7 Å². The predicted molar refractivity (Wildman–Crippen MR) is 98.1 cm³/mol. The van der Waals surface area contributed by atoms with Gasteiger partial charge in [-0.05, 0) is 37.1 Å². The Morgan fingerprint density at radius 2 is 1.93 bits per heavy atom. The van der Waals surface area contributed by atoms with Crippen LogP contribution in [0.25, 0.3) is 11.0 Å². The van der Waals surface area contributed by atoms with Crippen LogP contribution in [-0.2, 0) is 16.1 Å². The average molecular weight is 366 g/mol. The average Bonchev–Trinajstić information content (AvgIpc) is 2.68. The van der Waals surface area contributed by atoms with Crippen LogP contribution in [-0.4, -0.2) is 18.7 Å². The Bertz CT molecular complexity index is 1080. The summed E-state index contributed by atoms with van der Waals surface area (Å²) < 4.78 is 21.9. The van der Waals surface area contributed by atoms with Crippen molar-refractivity contribution in [3.05, 3.63) is 69.6 Å². The van der Waals surface area contributed by atoms with Crippen LogP contribution in [0.5, 0.6) is 11.5 Å². The van der Waals surface area contributed by atoms with Crippen LogP contribution >= 0.6 is 0 Å². The van der Waals surface area contributed by atoms with Crippen LogP contribution in [0.4, 0.5) is 0 Å². The normalized spacial score (nSPS) is 15.6. The van der Waals surface area contributed by atoms with E-state index < -0.39 is 17.7 Å². The third-order valence-electron chi connectivity index (χ3n) is 4.66. The second kappa shape index (κ2) is 6.79. The van der Waals surface area contributed by atoms with Gasteiger partial charge in [0.1, 0.15) is 18.8 Å². The molecule has 0 unspecified atom stereocenters. The lowest BCUT2D eigenvalue weighted by Crippen LogP contribution is -2.37. The zero-order valence-corrected chi connectivity index (χ0v) is 15.0. The Hall–Kier alpha value is -3.28. The summed E-state index contributed by atoms with van der Waals surface area (Å²) in [6, 6.07) is 12.3. The Morgan fingerprint density at radius 1 is 1.15 bits per heavy atom. The van der Waals surface area contributed by atoms with E-state index in [2.05, 4.69) is 0 Å². The number of rotatable bonds is 3. The van der Waals surface area contributed by atoms with Gasteiger partial charge < -0.3 is 18.6 Å². The van der Waals surface area contributed by atoms with E-state index in [0.29, 0.717) is 22.6 Å². The van der Waals surface area contributed by atoms with E-state index in [4.69, 9.17) is 18.6 Å². The molecule has 138 valence electrons. The third-order valence-corrected chi connectivity index (χ3v) is 4.66. The van der Waals surface area contributed by atoms with E-state index >= 15 is 0 Å². The van der Waals surface area contributed by atoms with Crippen molar-refractivity contribution < 1.29 is 23.4 Å². The minimum atomic E-state index is -0.852. The molecule has 0 saturated heterocycles. The van der Waals surface area contributed by atoms with Gasteiger partial charge in [-0.15, -0.1) is 0 Å². The molecule has 3 aromatic rings. The fourth-order valence-corrected chi connectivity index (χ4v) is 3.02. The van der Waals surface area contributed by atoms with Crippen molar-refractivity contribution in [1.29, 1.82) is 0 Å². The molecule has 2 heterocycles. The number of aryl methyl sites for hydroxylation is 2. The van der Waals surface area contributed by atoms with Gasteiger partial charge in [-0.1, -0.05) is 24.3 Å². The number of ether oxygens (including phenoxy) is 3. The van der Waals surface area contributed by atoms with Gasteiger partial charge in [0.05, 0.1) is 0 Å². The van der Waals surface area contributed by atoms with Gasteiger partial charge in [0.25, 0.3) is 0 Å². The number of benzene rings is 2. The van der Waals surface area contributed by atoms with Gasteiger partial charge >= 0.3 is 11.6 Å². The maximum atomic E-state index is 12.4. The highest BCUT2D eigenvalue weighted by Gasteiger charge is 2.28. The first kappa shape index (κ1) is 17.1. The standard InChI is InChI=1S/C21H18O6/c1-12-7-8-15-14(9-19(22)27-20(15)13(12)2)10-25-21(23)18-11-24-16-5-3-4-6-17(16)26-18/h3-9,18H,10-11H2,1-2H3/t18-/m0/s1. The van der Waals surface area contributed by atoms with Crippen LogP contribution in [0, 0.1) is 13.8 Å². The second-order valence-corrected chi connectivity index (χ2v) is 6.45. The molecule has 0 amide bonds. The van der Waals surface area contributed by atoms with Crippen LogP contribution in [0.2, 0.25) is 0 Å². The Balaban J connectivity index is 1.53. The maximum Gasteiger partial charge on any atom is 0.351 e. The van der Waals surface area contributed by atoms with Crippen molar-refractivity contribution in [2.24, 2.45) is 0 Å². The molecule has 0 spiro atoms. The maximum absolute atomic E-state index is 12.4. The molecular weight excluding hydrogens is 348 g/mol. The number of esters is 1. The van der Waals surface area contributed by atoms with Gasteiger partial charge in [0.2, 0.25) is 6.10 Å². The highest BCUT2D eigenvalue weighted by molar-refractivity contribution is 5.84. The summed E-state index contributed by atoms with van der Waals surface area (Å²) in [5.74, 6) is 0.552. The minimum Gasteiger partial charge on any atom is -0.485 e. The van der Waals surface area contributed by atoms with Crippen molar-refractivity contribution in [1.82, 2.24) is 0 Å². The monoisotopic (exact) mass is 366 g/mol. The highest BCUT2D eigenvalue weighted by Crippen LogP contribution is 2.31. The summed E-state index contributed by atoms with van der Waals surface area (Å²) in [5, 5.41) is 0.747. The van der Waals surface area contributed by atoms with E-state index in [9.17, 15) is 9.59 Å². The molecule has 0 radical (unpaired) electrons. The molecule has 1 aliphatic rings. The molecule has 1 aliphatic heterocycles. The number of carbonyl (C=O) groups excluding carboxylic acids is 1. The second-order valence-electron chi connectivity index (χ2n) is 6.45. The van der Waals surface area contributed by atoms with E-state index in [-0.39, 0.29) is 13.2 Å². The molecule has 4 rings (SSSR count). The first-order valence-corrected chi connectivity index (χ1v) is 8.61. The van der Waals surface area contributed by atoms with E-state index in [1.54, 1.807) is 18.2 Å². The molecule has 1 atom stereocenters. The predicted octanol–water partition coefficient (Wildman–Crippen LogP) is 3.29. The summed E-state index contributed by atoms with van der Waals surface area (Å²) in [6.45, 7) is 3.86. The molecule has 6 heteroatoms. The van der Waals surface area contributed by atoms with Crippen molar-refractivity contribution in [2.75, 3.05) is 6.61 Å². The first-order valence-electron chi connectivity index (χ1n) is 8.61. The van der Waals surface area contributed by atoms with E-state index in [1.807, 2.05) is 32.0 Å². The fourth-order valence-electron chi connectivity index (χ4n) is 3.02. The van der Waals surface area contributed by atoms with Crippen molar-refractivity contribution in [3.8, 4) is 11.5 Å². The molecular formula is C21H18O6. The zero-order chi connectivity index (χ0) is 19.0. The van der Waals surface area contributed by atoms with Gasteiger partial charge in [-0.2, -0.15) is 0 Å². The molecule has 0 bridgehead atoms. The largest absolute Gasteiger partial charge is 0.485 e. The van der Waals surface area contributed by atoms with Gasteiger partial charge in [-0.3, -0.25) is 0 Å². The summed E-state index contributed by atoms with van der Waals surface area (Å²) >= 11 is 0. The quantitative estimate of drug-likeness (QED) is 0.523. The summed E-state index contributed by atoms with van der Waals surface area (Å²) in [4.78, 5) is 24.3. The first-order chi connectivity index (χ1) is 13.0. The lowest BCUT2D eigenvalue weighted by Gasteiger charge is -2.25. The van der Waals surface area contributed by atoms with Crippen molar-refractivity contribution >= 4 is 16.9 Å².